The monoisotopic (exact) mass is 468 g/mol. The van der Waals surface area contributed by atoms with Gasteiger partial charge in [-0.15, -0.1) is 0 Å². The lowest BCUT2D eigenvalue weighted by Crippen LogP contribution is -2.15. The van der Waals surface area contributed by atoms with Gasteiger partial charge in [0.05, 0.1) is 18.5 Å². The van der Waals surface area contributed by atoms with E-state index in [1.165, 1.54) is 23.9 Å². The summed E-state index contributed by atoms with van der Waals surface area (Å²) in [5.41, 5.74) is 3.67. The van der Waals surface area contributed by atoms with Crippen molar-refractivity contribution in [1.82, 2.24) is 9.78 Å². The third-order valence-corrected chi connectivity index (χ3v) is 7.10. The Morgan fingerprint density at radius 3 is 2.58 bits per heavy atom. The quantitative estimate of drug-likeness (QED) is 0.590. The highest BCUT2D eigenvalue weighted by Gasteiger charge is 2.28. The fraction of sp³-hybridized carbons (Fsp3) is 0.261. The topological polar surface area (TPSA) is 119 Å². The van der Waals surface area contributed by atoms with Crippen LogP contribution < -0.4 is 14.8 Å². The average Bonchev–Trinajstić information content (AvgIpc) is 3.03. The Morgan fingerprint density at radius 1 is 1.09 bits per heavy atom. The number of aryl methyl sites for hydroxylation is 2. The number of benzene rings is 2. The maximum atomic E-state index is 13.4. The summed E-state index contributed by atoms with van der Waals surface area (Å²) in [6.07, 6.45) is 0.101. The number of nitrogens with one attached hydrogen (secondary N) is 2. The van der Waals surface area contributed by atoms with Crippen LogP contribution in [-0.4, -0.2) is 37.1 Å². The molecule has 1 aliphatic heterocycles. The highest BCUT2D eigenvalue weighted by atomic mass is 32.2. The Bertz CT molecular complexity index is 1390. The lowest BCUT2D eigenvalue weighted by Gasteiger charge is -2.15. The first-order chi connectivity index (χ1) is 15.6. The second-order valence-corrected chi connectivity index (χ2v) is 9.53. The zero-order valence-electron chi connectivity index (χ0n) is 18.7. The van der Waals surface area contributed by atoms with Gasteiger partial charge in [0.1, 0.15) is 16.5 Å². The molecule has 0 saturated heterocycles. The number of methoxy groups -OCH3 is 1. The largest absolute Gasteiger partial charge is 0.495 e. The molecule has 1 amide bonds. The van der Waals surface area contributed by atoms with Crippen LogP contribution in [0.5, 0.6) is 5.75 Å². The highest BCUT2D eigenvalue weighted by Crippen LogP contribution is 2.37. The minimum absolute atomic E-state index is 0.0431. The number of anilines is 2. The number of carbonyl (C=O) groups is 2. The zero-order chi connectivity index (χ0) is 23.9. The first-order valence-corrected chi connectivity index (χ1v) is 11.8. The zero-order valence-corrected chi connectivity index (χ0v) is 19.5. The Balaban J connectivity index is 1.84. The van der Waals surface area contributed by atoms with Crippen LogP contribution in [0.25, 0.3) is 11.1 Å². The van der Waals surface area contributed by atoms with Crippen molar-refractivity contribution < 1.29 is 22.7 Å². The van der Waals surface area contributed by atoms with Crippen LogP contribution in [0.3, 0.4) is 0 Å². The summed E-state index contributed by atoms with van der Waals surface area (Å²) < 4.78 is 35.9. The van der Waals surface area contributed by atoms with Crippen LogP contribution in [-0.2, 0) is 14.8 Å². The molecule has 2 aromatic carbocycles. The molecule has 0 atom stereocenters. The van der Waals surface area contributed by atoms with Crippen molar-refractivity contribution in [3.8, 4) is 16.9 Å². The normalized spacial score (nSPS) is 13.8. The van der Waals surface area contributed by atoms with E-state index >= 15 is 0 Å². The molecule has 2 heterocycles. The van der Waals surface area contributed by atoms with E-state index in [1.54, 1.807) is 25.1 Å². The minimum Gasteiger partial charge on any atom is -0.495 e. The molecule has 10 heteroatoms. The lowest BCUT2D eigenvalue weighted by atomic mass is 10.1. The van der Waals surface area contributed by atoms with Gasteiger partial charge in [0.25, 0.3) is 10.0 Å². The average molecular weight is 469 g/mol. The van der Waals surface area contributed by atoms with E-state index in [0.29, 0.717) is 22.5 Å². The number of ether oxygens (including phenoxy) is 1. The summed E-state index contributed by atoms with van der Waals surface area (Å²) in [7, 11) is -2.64. The molecule has 0 saturated carbocycles. The molecule has 0 bridgehead atoms. The number of sulfonamides is 1. The minimum atomic E-state index is -4.03. The SMILES string of the molecule is COc1ccc(-c2c(C)nn3c2NC(=O)CCC3=O)cc1S(=O)(=O)Nc1cccc(C)c1C. The fourth-order valence-electron chi connectivity index (χ4n) is 3.79. The van der Waals surface area contributed by atoms with Gasteiger partial charge in [-0.3, -0.25) is 14.3 Å². The van der Waals surface area contributed by atoms with Gasteiger partial charge in [-0.25, -0.2) is 8.42 Å². The van der Waals surface area contributed by atoms with Gasteiger partial charge in [0.2, 0.25) is 11.8 Å². The Labute approximate surface area is 191 Å². The van der Waals surface area contributed by atoms with Crippen molar-refractivity contribution in [2.24, 2.45) is 0 Å². The molecule has 4 rings (SSSR count). The maximum absolute atomic E-state index is 13.4. The molecule has 9 nitrogen and oxygen atoms in total. The van der Waals surface area contributed by atoms with E-state index in [1.807, 2.05) is 19.9 Å². The molecule has 33 heavy (non-hydrogen) atoms. The number of rotatable bonds is 5. The van der Waals surface area contributed by atoms with Crippen LogP contribution in [0.4, 0.5) is 11.5 Å². The highest BCUT2D eigenvalue weighted by molar-refractivity contribution is 7.92. The lowest BCUT2D eigenvalue weighted by molar-refractivity contribution is -0.116. The molecule has 0 unspecified atom stereocenters. The number of carbonyl (C=O) groups excluding carboxylic acids is 2. The van der Waals surface area contributed by atoms with Gasteiger partial charge in [-0.2, -0.15) is 9.78 Å². The van der Waals surface area contributed by atoms with E-state index in [-0.39, 0.29) is 41.1 Å². The Hall–Kier alpha value is -3.66. The third kappa shape index (κ3) is 4.09. The Morgan fingerprint density at radius 2 is 1.85 bits per heavy atom. The van der Waals surface area contributed by atoms with Crippen LogP contribution in [0, 0.1) is 20.8 Å². The van der Waals surface area contributed by atoms with E-state index in [9.17, 15) is 18.0 Å². The van der Waals surface area contributed by atoms with Crippen LogP contribution in [0.15, 0.2) is 41.3 Å². The summed E-state index contributed by atoms with van der Waals surface area (Å²) in [6, 6.07) is 10.0. The number of fused-ring (bicyclic) bond motifs is 1. The third-order valence-electron chi connectivity index (χ3n) is 5.71. The summed E-state index contributed by atoms with van der Waals surface area (Å²) in [5, 5.41) is 7.01. The first kappa shape index (κ1) is 22.5. The van der Waals surface area contributed by atoms with E-state index in [2.05, 4.69) is 15.1 Å². The molecule has 0 aliphatic carbocycles. The molecule has 1 aliphatic rings. The van der Waals surface area contributed by atoms with Crippen molar-refractivity contribution in [2.75, 3.05) is 17.1 Å². The standard InChI is InChI=1S/C23H24N4O5S/c1-13-6-5-7-17(14(13)2)26-33(30,31)19-12-16(8-9-18(19)32-4)22-15(3)25-27-21(29)11-10-20(28)24-23(22)27/h5-9,12,26H,10-11H2,1-4H3,(H,24,28). The number of aromatic nitrogens is 2. The summed E-state index contributed by atoms with van der Waals surface area (Å²) >= 11 is 0. The molecule has 0 spiro atoms. The van der Waals surface area contributed by atoms with E-state index in [0.717, 1.165) is 11.1 Å². The summed E-state index contributed by atoms with van der Waals surface area (Å²) in [4.78, 5) is 24.5. The first-order valence-electron chi connectivity index (χ1n) is 10.3. The van der Waals surface area contributed by atoms with Gasteiger partial charge in [0.15, 0.2) is 0 Å². The second-order valence-electron chi connectivity index (χ2n) is 7.88. The van der Waals surface area contributed by atoms with Crippen molar-refractivity contribution in [3.63, 3.8) is 0 Å². The number of amides is 1. The smallest absolute Gasteiger partial charge is 0.265 e. The molecule has 3 aromatic rings. The van der Waals surface area contributed by atoms with Crippen molar-refractivity contribution in [1.29, 1.82) is 0 Å². The van der Waals surface area contributed by atoms with Crippen molar-refractivity contribution >= 4 is 33.3 Å². The molecule has 172 valence electrons. The number of hydrogen-bond acceptors (Lipinski definition) is 6. The Kier molecular flexibility index (Phi) is 5.71. The van der Waals surface area contributed by atoms with Crippen LogP contribution in [0.1, 0.15) is 34.5 Å². The van der Waals surface area contributed by atoms with Crippen molar-refractivity contribution in [2.45, 2.75) is 38.5 Å². The second kappa shape index (κ2) is 8.36. The number of nitrogens with zero attached hydrogens (tertiary/aromatic N) is 2. The predicted molar refractivity (Wildman–Crippen MR) is 124 cm³/mol. The van der Waals surface area contributed by atoms with Gasteiger partial charge in [-0.05, 0) is 55.7 Å². The van der Waals surface area contributed by atoms with E-state index in [4.69, 9.17) is 4.74 Å². The molecule has 0 radical (unpaired) electrons. The maximum Gasteiger partial charge on any atom is 0.265 e. The van der Waals surface area contributed by atoms with Gasteiger partial charge in [0, 0.05) is 18.4 Å². The predicted octanol–water partition coefficient (Wildman–Crippen LogP) is 3.66. The van der Waals surface area contributed by atoms with Crippen molar-refractivity contribution in [3.05, 3.63) is 53.2 Å². The number of hydrogen-bond donors (Lipinski definition) is 2. The molecule has 2 N–H and O–H groups in total. The molecule has 0 fully saturated rings. The molecule has 1 aromatic heterocycles. The van der Waals surface area contributed by atoms with Gasteiger partial charge in [-0.1, -0.05) is 18.2 Å². The van der Waals surface area contributed by atoms with Crippen LogP contribution in [0.2, 0.25) is 0 Å². The summed E-state index contributed by atoms with van der Waals surface area (Å²) in [5.74, 6) is -0.222. The van der Waals surface area contributed by atoms with Crippen LogP contribution >= 0.6 is 0 Å². The van der Waals surface area contributed by atoms with E-state index < -0.39 is 10.0 Å². The molecular weight excluding hydrogens is 444 g/mol. The fourth-order valence-corrected chi connectivity index (χ4v) is 5.11. The summed E-state index contributed by atoms with van der Waals surface area (Å²) in [6.45, 7) is 5.44. The molecular formula is C23H24N4O5S. The van der Waals surface area contributed by atoms with Gasteiger partial charge >= 0.3 is 0 Å². The van der Waals surface area contributed by atoms with Gasteiger partial charge < -0.3 is 10.1 Å².